The van der Waals surface area contributed by atoms with E-state index in [1.807, 2.05) is 13.2 Å². The van der Waals surface area contributed by atoms with Gasteiger partial charge in [-0.25, -0.2) is 4.79 Å². The molecule has 12 nitrogen and oxygen atoms in total. The van der Waals surface area contributed by atoms with E-state index in [2.05, 4.69) is 16.0 Å². The minimum atomic E-state index is -1.41. The first-order valence-electron chi connectivity index (χ1n) is 11.3. The van der Waals surface area contributed by atoms with Gasteiger partial charge in [-0.05, 0) is 50.2 Å². The number of amides is 4. The summed E-state index contributed by atoms with van der Waals surface area (Å²) < 4.78 is 0. The topological polar surface area (TPSA) is 220 Å². The van der Waals surface area contributed by atoms with Gasteiger partial charge in [0, 0.05) is 0 Å². The Labute approximate surface area is 204 Å². The van der Waals surface area contributed by atoms with Crippen molar-refractivity contribution in [3.8, 4) is 0 Å². The van der Waals surface area contributed by atoms with E-state index in [4.69, 9.17) is 17.2 Å². The van der Waals surface area contributed by atoms with E-state index in [0.717, 1.165) is 0 Å². The molecule has 0 rings (SSSR count). The van der Waals surface area contributed by atoms with Crippen molar-refractivity contribution >= 4 is 41.4 Å². The third-order valence-corrected chi connectivity index (χ3v) is 6.01. The fraction of sp³-hybridized carbons (Fsp3) is 0.762. The van der Waals surface area contributed by atoms with Gasteiger partial charge in [0.15, 0.2) is 0 Å². The summed E-state index contributed by atoms with van der Waals surface area (Å²) in [6, 6.07) is -4.44. The molecule has 0 spiro atoms. The van der Waals surface area contributed by atoms with Crippen LogP contribution in [0.2, 0.25) is 0 Å². The van der Waals surface area contributed by atoms with Gasteiger partial charge >= 0.3 is 5.97 Å². The number of carboxylic acid groups (broad SMARTS) is 1. The van der Waals surface area contributed by atoms with Crippen LogP contribution in [0.25, 0.3) is 0 Å². The predicted molar refractivity (Wildman–Crippen MR) is 131 cm³/mol. The summed E-state index contributed by atoms with van der Waals surface area (Å²) in [6.45, 7) is 3.96. The lowest BCUT2D eigenvalue weighted by molar-refractivity contribution is -0.142. The maximum absolute atomic E-state index is 13.0. The minimum absolute atomic E-state index is 0.134. The molecule has 0 aliphatic rings. The van der Waals surface area contributed by atoms with Crippen LogP contribution in [0, 0.1) is 5.92 Å². The normalized spacial score (nSPS) is 15.3. The molecule has 5 unspecified atom stereocenters. The molecule has 4 amide bonds. The van der Waals surface area contributed by atoms with Crippen molar-refractivity contribution in [2.45, 2.75) is 76.5 Å². The van der Waals surface area contributed by atoms with Crippen LogP contribution in [0.5, 0.6) is 0 Å². The number of rotatable bonds is 18. The monoisotopic (exact) mass is 504 g/mol. The van der Waals surface area contributed by atoms with Crippen molar-refractivity contribution in [1.29, 1.82) is 0 Å². The second-order valence-corrected chi connectivity index (χ2v) is 9.16. The average molecular weight is 505 g/mol. The Morgan fingerprint density at radius 2 is 1.56 bits per heavy atom. The second kappa shape index (κ2) is 17.1. The first kappa shape index (κ1) is 31.6. The van der Waals surface area contributed by atoms with E-state index in [1.165, 1.54) is 11.8 Å². The Hall–Kier alpha value is -2.38. The van der Waals surface area contributed by atoms with Crippen molar-refractivity contribution in [1.82, 2.24) is 16.0 Å². The molecule has 0 fully saturated rings. The lowest BCUT2D eigenvalue weighted by Crippen LogP contribution is -2.59. The van der Waals surface area contributed by atoms with Crippen molar-refractivity contribution in [3.63, 3.8) is 0 Å². The number of hydrogen-bond acceptors (Lipinski definition) is 8. The average Bonchev–Trinajstić information content (AvgIpc) is 2.78. The van der Waals surface area contributed by atoms with Gasteiger partial charge in [-0.1, -0.05) is 20.3 Å². The SMILES string of the molecule is CCC(C)C(NC(=O)C(N)CCSC)C(=O)NC(CC(N)=O)C(=O)NC(CCCCN)C(=O)O. The van der Waals surface area contributed by atoms with Gasteiger partial charge in [-0.2, -0.15) is 11.8 Å². The number of carbonyl (C=O) groups is 5. The van der Waals surface area contributed by atoms with Crippen molar-refractivity contribution in [2.24, 2.45) is 23.1 Å². The maximum Gasteiger partial charge on any atom is 0.326 e. The second-order valence-electron chi connectivity index (χ2n) is 8.18. The van der Waals surface area contributed by atoms with Crippen LogP contribution in [-0.4, -0.2) is 77.4 Å². The van der Waals surface area contributed by atoms with Gasteiger partial charge in [0.1, 0.15) is 18.1 Å². The molecule has 34 heavy (non-hydrogen) atoms. The number of aliphatic carboxylic acids is 1. The molecule has 5 atom stereocenters. The molecule has 0 aromatic rings. The Kier molecular flexibility index (Phi) is 15.9. The van der Waals surface area contributed by atoms with Crippen LogP contribution in [0.3, 0.4) is 0 Å². The highest BCUT2D eigenvalue weighted by molar-refractivity contribution is 7.98. The van der Waals surface area contributed by atoms with E-state index >= 15 is 0 Å². The van der Waals surface area contributed by atoms with Crippen LogP contribution < -0.4 is 33.2 Å². The third-order valence-electron chi connectivity index (χ3n) is 5.36. The van der Waals surface area contributed by atoms with Crippen molar-refractivity contribution in [2.75, 3.05) is 18.6 Å². The molecule has 0 aromatic heterocycles. The standard InChI is InChI=1S/C21H40N6O6S/c1-4-12(2)17(27-18(29)13(23)8-10-34-3)20(31)26-15(11-16(24)28)19(30)25-14(21(32)33)7-5-6-9-22/h12-15,17H,4-11,22-23H2,1-3H3,(H2,24,28)(H,25,30)(H,26,31)(H,27,29)(H,32,33). The van der Waals surface area contributed by atoms with E-state index in [0.29, 0.717) is 38.0 Å². The quantitative estimate of drug-likeness (QED) is 0.110. The molecule has 0 aromatic carbocycles. The fourth-order valence-corrected chi connectivity index (χ4v) is 3.52. The summed E-state index contributed by atoms with van der Waals surface area (Å²) in [4.78, 5) is 61.3. The van der Waals surface area contributed by atoms with Crippen molar-refractivity contribution < 1.29 is 29.1 Å². The Balaban J connectivity index is 5.47. The number of carboxylic acids is 1. The number of hydrogen-bond donors (Lipinski definition) is 7. The first-order valence-corrected chi connectivity index (χ1v) is 12.7. The van der Waals surface area contributed by atoms with E-state index in [9.17, 15) is 29.1 Å². The zero-order valence-electron chi connectivity index (χ0n) is 20.2. The molecule has 0 aliphatic heterocycles. The summed E-state index contributed by atoms with van der Waals surface area (Å²) in [5.41, 5.74) is 16.6. The molecule has 0 aliphatic carbocycles. The third kappa shape index (κ3) is 12.2. The Bertz CT molecular complexity index is 695. The zero-order chi connectivity index (χ0) is 26.3. The van der Waals surface area contributed by atoms with E-state index in [1.54, 1.807) is 6.92 Å². The lowest BCUT2D eigenvalue weighted by atomic mass is 9.97. The Morgan fingerprint density at radius 1 is 0.941 bits per heavy atom. The van der Waals surface area contributed by atoms with Gasteiger partial charge in [-0.3, -0.25) is 19.2 Å². The van der Waals surface area contributed by atoms with Gasteiger partial charge < -0.3 is 38.3 Å². The zero-order valence-corrected chi connectivity index (χ0v) is 21.0. The molecule has 10 N–H and O–H groups in total. The van der Waals surface area contributed by atoms with Gasteiger partial charge in [0.05, 0.1) is 12.5 Å². The number of nitrogens with two attached hydrogens (primary N) is 3. The van der Waals surface area contributed by atoms with Crippen LogP contribution in [-0.2, 0) is 24.0 Å². The highest BCUT2D eigenvalue weighted by Gasteiger charge is 2.33. The summed E-state index contributed by atoms with van der Waals surface area (Å²) >= 11 is 1.54. The van der Waals surface area contributed by atoms with Crippen LogP contribution in [0.1, 0.15) is 52.4 Å². The summed E-state index contributed by atoms with van der Waals surface area (Å²) in [6.07, 6.45) is 3.49. The highest BCUT2D eigenvalue weighted by Crippen LogP contribution is 2.10. The minimum Gasteiger partial charge on any atom is -0.480 e. The Morgan fingerprint density at radius 3 is 2.06 bits per heavy atom. The molecule has 0 saturated heterocycles. The molecule has 0 bridgehead atoms. The fourth-order valence-electron chi connectivity index (χ4n) is 3.03. The molecule has 0 radical (unpaired) electrons. The van der Waals surface area contributed by atoms with Crippen LogP contribution in [0.4, 0.5) is 0 Å². The van der Waals surface area contributed by atoms with E-state index < -0.39 is 60.2 Å². The molecular weight excluding hydrogens is 464 g/mol. The molecule has 13 heteroatoms. The number of thioether (sulfide) groups is 1. The molecular formula is C21H40N6O6S. The summed E-state index contributed by atoms with van der Waals surface area (Å²) in [5.74, 6) is -3.81. The summed E-state index contributed by atoms with van der Waals surface area (Å²) in [5, 5.41) is 16.8. The molecule has 0 saturated carbocycles. The number of nitrogens with one attached hydrogen (secondary N) is 3. The lowest BCUT2D eigenvalue weighted by Gasteiger charge is -2.27. The smallest absolute Gasteiger partial charge is 0.326 e. The number of primary amides is 1. The highest BCUT2D eigenvalue weighted by atomic mass is 32.2. The molecule has 196 valence electrons. The van der Waals surface area contributed by atoms with Crippen LogP contribution in [0.15, 0.2) is 0 Å². The van der Waals surface area contributed by atoms with Gasteiger partial charge in [-0.15, -0.1) is 0 Å². The molecule has 0 heterocycles. The largest absolute Gasteiger partial charge is 0.480 e. The number of unbranched alkanes of at least 4 members (excludes halogenated alkanes) is 1. The number of carbonyl (C=O) groups excluding carboxylic acids is 4. The van der Waals surface area contributed by atoms with Crippen molar-refractivity contribution in [3.05, 3.63) is 0 Å². The van der Waals surface area contributed by atoms with Gasteiger partial charge in [0.2, 0.25) is 23.6 Å². The summed E-state index contributed by atoms with van der Waals surface area (Å²) in [7, 11) is 0. The maximum atomic E-state index is 13.0. The van der Waals surface area contributed by atoms with Gasteiger partial charge in [0.25, 0.3) is 0 Å². The van der Waals surface area contributed by atoms with Crippen LogP contribution >= 0.6 is 11.8 Å². The van der Waals surface area contributed by atoms with E-state index in [-0.39, 0.29) is 12.3 Å². The first-order chi connectivity index (χ1) is 16.0. The predicted octanol–water partition coefficient (Wildman–Crippen LogP) is -1.34.